The molecule has 0 N–H and O–H groups in total. The van der Waals surface area contributed by atoms with Crippen LogP contribution in [0.15, 0.2) is 18.2 Å². The summed E-state index contributed by atoms with van der Waals surface area (Å²) in [5.41, 5.74) is 0.629. The van der Waals surface area contributed by atoms with Gasteiger partial charge in [-0.05, 0) is 79.8 Å². The molecule has 0 unspecified atom stereocenters. The number of amides is 1. The number of ether oxygens (including phenoxy) is 2. The Kier molecular flexibility index (Phi) is 5.58. The third kappa shape index (κ3) is 5.34. The number of rotatable bonds is 5. The van der Waals surface area contributed by atoms with E-state index in [1.54, 1.807) is 7.11 Å². The quantitative estimate of drug-likeness (QED) is 0.665. The number of nitrogens with zero attached hydrogens (tertiary/aromatic N) is 1. The third-order valence-electron chi connectivity index (χ3n) is 3.42. The van der Waals surface area contributed by atoms with Crippen molar-refractivity contribution in [3.8, 4) is 5.75 Å². The zero-order valence-electron chi connectivity index (χ0n) is 13.7. The highest BCUT2D eigenvalue weighted by Crippen LogP contribution is 2.31. The van der Waals surface area contributed by atoms with Gasteiger partial charge in [-0.3, -0.25) is 0 Å². The highest BCUT2D eigenvalue weighted by Gasteiger charge is 2.29. The molecular weight excluding hydrogens is 393 g/mol. The lowest BCUT2D eigenvalue weighted by molar-refractivity contribution is 0.0224. The average molecular weight is 417 g/mol. The molecule has 22 heavy (non-hydrogen) atoms. The first-order chi connectivity index (χ1) is 10.3. The lowest BCUT2D eigenvalue weighted by Gasteiger charge is -2.27. The van der Waals surface area contributed by atoms with Crippen LogP contribution in [0.1, 0.15) is 39.2 Å². The molecule has 0 heterocycles. The maximum Gasteiger partial charge on any atom is 0.410 e. The second kappa shape index (κ2) is 7.06. The molecule has 0 saturated heterocycles. The van der Waals surface area contributed by atoms with Crippen LogP contribution in [-0.4, -0.2) is 30.2 Å². The first-order valence-electron chi connectivity index (χ1n) is 7.59. The van der Waals surface area contributed by atoms with Crippen molar-refractivity contribution >= 4 is 28.7 Å². The Labute approximate surface area is 146 Å². The van der Waals surface area contributed by atoms with Crippen LogP contribution in [-0.2, 0) is 11.3 Å². The number of hydrogen-bond donors (Lipinski definition) is 0. The van der Waals surface area contributed by atoms with E-state index >= 15 is 0 Å². The summed E-state index contributed by atoms with van der Waals surface area (Å²) in [5, 5.41) is 0. The van der Waals surface area contributed by atoms with Crippen LogP contribution in [0.25, 0.3) is 0 Å². The van der Waals surface area contributed by atoms with Crippen molar-refractivity contribution in [2.75, 3.05) is 13.7 Å². The minimum atomic E-state index is -0.465. The van der Waals surface area contributed by atoms with Crippen molar-refractivity contribution < 1.29 is 14.3 Å². The van der Waals surface area contributed by atoms with E-state index in [2.05, 4.69) is 28.7 Å². The maximum atomic E-state index is 12.4. The van der Waals surface area contributed by atoms with Gasteiger partial charge < -0.3 is 14.4 Å². The van der Waals surface area contributed by atoms with Crippen molar-refractivity contribution in [1.82, 2.24) is 4.90 Å². The summed E-state index contributed by atoms with van der Waals surface area (Å²) < 4.78 is 11.9. The predicted molar refractivity (Wildman–Crippen MR) is 95.1 cm³/mol. The van der Waals surface area contributed by atoms with E-state index in [0.29, 0.717) is 12.5 Å². The molecule has 0 atom stereocenters. The van der Waals surface area contributed by atoms with Gasteiger partial charge in [-0.25, -0.2) is 4.79 Å². The Hall–Kier alpha value is -0.980. The number of carbonyl (C=O) groups excluding carboxylic acids is 1. The minimum absolute atomic E-state index is 0.231. The monoisotopic (exact) mass is 417 g/mol. The fourth-order valence-electron chi connectivity index (χ4n) is 2.17. The molecule has 122 valence electrons. The van der Waals surface area contributed by atoms with Crippen LogP contribution in [0.2, 0.25) is 0 Å². The summed E-state index contributed by atoms with van der Waals surface area (Å²) in [4.78, 5) is 14.2. The number of methoxy groups -OCH3 is 1. The van der Waals surface area contributed by atoms with Gasteiger partial charge in [-0.1, -0.05) is 6.07 Å². The standard InChI is InChI=1S/C17H24INO3/c1-17(2,3)22-16(20)19(10-12-5-6-12)11-13-7-8-15(21-4)14(18)9-13/h7-9,12H,5-6,10-11H2,1-4H3. The highest BCUT2D eigenvalue weighted by molar-refractivity contribution is 14.1. The molecule has 1 saturated carbocycles. The van der Waals surface area contributed by atoms with Gasteiger partial charge in [-0.15, -0.1) is 0 Å². The van der Waals surface area contributed by atoms with Crippen molar-refractivity contribution in [1.29, 1.82) is 0 Å². The topological polar surface area (TPSA) is 38.8 Å². The number of halogens is 1. The Morgan fingerprint density at radius 3 is 2.55 bits per heavy atom. The average Bonchev–Trinajstić information content (AvgIpc) is 3.20. The molecule has 1 aliphatic rings. The van der Waals surface area contributed by atoms with E-state index in [9.17, 15) is 4.79 Å². The van der Waals surface area contributed by atoms with Crippen molar-refractivity contribution in [2.24, 2.45) is 5.92 Å². The molecular formula is C17H24INO3. The Balaban J connectivity index is 2.08. The molecule has 0 aromatic heterocycles. The van der Waals surface area contributed by atoms with Crippen molar-refractivity contribution in [3.63, 3.8) is 0 Å². The zero-order valence-corrected chi connectivity index (χ0v) is 15.8. The summed E-state index contributed by atoms with van der Waals surface area (Å²) in [6, 6.07) is 6.01. The molecule has 1 aromatic rings. The van der Waals surface area contributed by atoms with Crippen LogP contribution in [0.3, 0.4) is 0 Å². The molecule has 1 aromatic carbocycles. The van der Waals surface area contributed by atoms with Gasteiger partial charge >= 0.3 is 6.09 Å². The zero-order chi connectivity index (χ0) is 16.3. The first-order valence-corrected chi connectivity index (χ1v) is 8.66. The summed E-state index contributed by atoms with van der Waals surface area (Å²) >= 11 is 2.25. The largest absolute Gasteiger partial charge is 0.496 e. The Morgan fingerprint density at radius 2 is 2.05 bits per heavy atom. The number of hydrogen-bond acceptors (Lipinski definition) is 3. The molecule has 2 rings (SSSR count). The van der Waals surface area contributed by atoms with E-state index in [4.69, 9.17) is 9.47 Å². The number of benzene rings is 1. The lowest BCUT2D eigenvalue weighted by Crippen LogP contribution is -2.37. The second-order valence-corrected chi connectivity index (χ2v) is 7.94. The molecule has 0 spiro atoms. The van der Waals surface area contributed by atoms with Crippen molar-refractivity contribution in [2.45, 2.75) is 45.8 Å². The van der Waals surface area contributed by atoms with Crippen LogP contribution < -0.4 is 4.74 Å². The summed E-state index contributed by atoms with van der Waals surface area (Å²) in [5.74, 6) is 1.49. The second-order valence-electron chi connectivity index (χ2n) is 6.77. The van der Waals surface area contributed by atoms with E-state index in [-0.39, 0.29) is 6.09 Å². The molecule has 0 radical (unpaired) electrons. The SMILES string of the molecule is COc1ccc(CN(CC2CC2)C(=O)OC(C)(C)C)cc1I. The van der Waals surface area contributed by atoms with Crippen molar-refractivity contribution in [3.05, 3.63) is 27.3 Å². The minimum Gasteiger partial charge on any atom is -0.496 e. The van der Waals surface area contributed by atoms with Crippen LogP contribution in [0, 0.1) is 9.49 Å². The van der Waals surface area contributed by atoms with Gasteiger partial charge in [0.05, 0.1) is 10.7 Å². The Morgan fingerprint density at radius 1 is 1.36 bits per heavy atom. The smallest absolute Gasteiger partial charge is 0.410 e. The van der Waals surface area contributed by atoms with Gasteiger partial charge in [0.25, 0.3) is 0 Å². The van der Waals surface area contributed by atoms with E-state index in [1.165, 1.54) is 12.8 Å². The Bertz CT molecular complexity index is 535. The molecule has 1 fully saturated rings. The summed E-state index contributed by atoms with van der Waals surface area (Å²) in [7, 11) is 1.66. The molecule has 1 aliphatic carbocycles. The van der Waals surface area contributed by atoms with Gasteiger partial charge in [0.1, 0.15) is 11.4 Å². The molecule has 1 amide bonds. The van der Waals surface area contributed by atoms with E-state index < -0.39 is 5.60 Å². The molecule has 0 aliphatic heterocycles. The van der Waals surface area contributed by atoms with Gasteiger partial charge in [0.15, 0.2) is 0 Å². The molecule has 0 bridgehead atoms. The predicted octanol–water partition coefficient (Wildman–Crippen LogP) is 4.45. The van der Waals surface area contributed by atoms with Gasteiger partial charge in [0.2, 0.25) is 0 Å². The van der Waals surface area contributed by atoms with Crippen LogP contribution in [0.5, 0.6) is 5.75 Å². The van der Waals surface area contributed by atoms with E-state index in [0.717, 1.165) is 21.4 Å². The van der Waals surface area contributed by atoms with Crippen LogP contribution >= 0.6 is 22.6 Å². The molecule has 4 nitrogen and oxygen atoms in total. The normalized spacial score (nSPS) is 14.6. The first kappa shape index (κ1) is 17.4. The van der Waals surface area contributed by atoms with Gasteiger partial charge in [-0.2, -0.15) is 0 Å². The fraction of sp³-hybridized carbons (Fsp3) is 0.588. The molecule has 5 heteroatoms. The lowest BCUT2D eigenvalue weighted by atomic mass is 10.2. The number of carbonyl (C=O) groups is 1. The highest BCUT2D eigenvalue weighted by atomic mass is 127. The third-order valence-corrected chi connectivity index (χ3v) is 4.26. The van der Waals surface area contributed by atoms with E-state index in [1.807, 2.05) is 37.8 Å². The summed E-state index contributed by atoms with van der Waals surface area (Å²) in [6.45, 7) is 7.05. The summed E-state index contributed by atoms with van der Waals surface area (Å²) in [6.07, 6.45) is 2.18. The van der Waals surface area contributed by atoms with Gasteiger partial charge in [0, 0.05) is 13.1 Å². The fourth-order valence-corrected chi connectivity index (χ4v) is 2.97. The van der Waals surface area contributed by atoms with Crippen LogP contribution in [0.4, 0.5) is 4.79 Å². The maximum absolute atomic E-state index is 12.4.